The molecule has 1 aliphatic heterocycles. The Morgan fingerprint density at radius 1 is 1.48 bits per heavy atom. The lowest BCUT2D eigenvalue weighted by atomic mass is 10.2. The molecule has 3 rings (SSSR count). The summed E-state index contributed by atoms with van der Waals surface area (Å²) >= 11 is 3.01. The maximum atomic E-state index is 10.8. The Morgan fingerprint density at radius 2 is 2.39 bits per heavy atom. The molecule has 1 N–H and O–H groups in total. The van der Waals surface area contributed by atoms with Crippen LogP contribution in [0, 0.1) is 10.1 Å². The average Bonchev–Trinajstić information content (AvgIpc) is 3.23. The van der Waals surface area contributed by atoms with E-state index in [9.17, 15) is 10.1 Å². The number of thioether (sulfide) groups is 1. The van der Waals surface area contributed by atoms with Crippen LogP contribution in [0.3, 0.4) is 0 Å². The summed E-state index contributed by atoms with van der Waals surface area (Å²) in [6.07, 6.45) is 2.47. The topological polar surface area (TPSA) is 90.2 Å². The molecule has 1 fully saturated rings. The molecule has 0 aliphatic carbocycles. The predicted molar refractivity (Wildman–Crippen MR) is 90.0 cm³/mol. The monoisotopic (exact) mass is 352 g/mol. The van der Waals surface area contributed by atoms with Crippen molar-refractivity contribution in [1.29, 1.82) is 0 Å². The van der Waals surface area contributed by atoms with Crippen LogP contribution in [0.25, 0.3) is 0 Å². The highest BCUT2D eigenvalue weighted by atomic mass is 32.2. The first-order valence-corrected chi connectivity index (χ1v) is 9.06. The van der Waals surface area contributed by atoms with E-state index in [0.717, 1.165) is 41.0 Å². The molecular weight excluding hydrogens is 336 g/mol. The number of rotatable bonds is 7. The number of hydrogen-bond donors (Lipinski definition) is 1. The quantitative estimate of drug-likeness (QED) is 0.464. The number of hydrogen-bond acceptors (Lipinski definition) is 8. The normalized spacial score (nSPS) is 17.3. The molecule has 122 valence electrons. The second-order valence-electron chi connectivity index (χ2n) is 5.10. The van der Waals surface area contributed by atoms with E-state index < -0.39 is 0 Å². The zero-order valence-electron chi connectivity index (χ0n) is 12.3. The fourth-order valence-corrected chi connectivity index (χ4v) is 3.95. The number of aromatic nitrogens is 2. The Morgan fingerprint density at radius 3 is 3.17 bits per heavy atom. The Labute approximate surface area is 141 Å². The molecule has 1 aromatic carbocycles. The highest BCUT2D eigenvalue weighted by Crippen LogP contribution is 2.29. The van der Waals surface area contributed by atoms with Gasteiger partial charge in [-0.2, -0.15) is 0 Å². The van der Waals surface area contributed by atoms with E-state index in [1.165, 1.54) is 29.2 Å². The zero-order valence-corrected chi connectivity index (χ0v) is 13.9. The third-order valence-corrected chi connectivity index (χ3v) is 5.48. The van der Waals surface area contributed by atoms with Crippen molar-refractivity contribution in [2.75, 3.05) is 18.5 Å². The number of anilines is 1. The molecular formula is C14H16N4O3S2. The molecule has 1 unspecified atom stereocenters. The second kappa shape index (κ2) is 7.71. The van der Waals surface area contributed by atoms with Crippen molar-refractivity contribution in [3.8, 4) is 0 Å². The summed E-state index contributed by atoms with van der Waals surface area (Å²) in [5.74, 6) is 0.627. The molecule has 1 saturated heterocycles. The van der Waals surface area contributed by atoms with Crippen LogP contribution in [0.15, 0.2) is 28.6 Å². The van der Waals surface area contributed by atoms with E-state index in [2.05, 4.69) is 15.5 Å². The first-order chi connectivity index (χ1) is 11.2. The molecule has 2 heterocycles. The maximum Gasteiger partial charge on any atom is 0.269 e. The Kier molecular flexibility index (Phi) is 5.42. The lowest BCUT2D eigenvalue weighted by molar-refractivity contribution is -0.384. The Bertz CT molecular complexity index is 674. The van der Waals surface area contributed by atoms with Gasteiger partial charge in [0.05, 0.1) is 11.0 Å². The number of nitrogens with one attached hydrogen (secondary N) is 1. The minimum absolute atomic E-state index is 0.110. The summed E-state index contributed by atoms with van der Waals surface area (Å²) in [5.41, 5.74) is 1.01. The van der Waals surface area contributed by atoms with Gasteiger partial charge in [-0.05, 0) is 18.4 Å². The molecule has 1 aromatic heterocycles. The number of ether oxygens (including phenoxy) is 1. The molecule has 23 heavy (non-hydrogen) atoms. The van der Waals surface area contributed by atoms with Gasteiger partial charge < -0.3 is 10.1 Å². The highest BCUT2D eigenvalue weighted by Gasteiger charge is 2.16. The zero-order chi connectivity index (χ0) is 16.1. The molecule has 0 bridgehead atoms. The van der Waals surface area contributed by atoms with Crippen molar-refractivity contribution < 1.29 is 9.66 Å². The van der Waals surface area contributed by atoms with Gasteiger partial charge in [-0.25, -0.2) is 0 Å². The lowest BCUT2D eigenvalue weighted by Gasteiger charge is -2.08. The van der Waals surface area contributed by atoms with Crippen LogP contribution >= 0.6 is 23.1 Å². The van der Waals surface area contributed by atoms with Crippen molar-refractivity contribution in [3.63, 3.8) is 0 Å². The molecule has 9 heteroatoms. The van der Waals surface area contributed by atoms with E-state index in [4.69, 9.17) is 4.74 Å². The second-order valence-corrected chi connectivity index (χ2v) is 7.30. The first kappa shape index (κ1) is 16.2. The van der Waals surface area contributed by atoms with Gasteiger partial charge in [-0.1, -0.05) is 35.2 Å². The van der Waals surface area contributed by atoms with E-state index in [1.807, 2.05) is 6.07 Å². The SMILES string of the molecule is O=[N+]([O-])c1cccc(CSc2nnc(NCC3CCCO3)s2)c1. The Hall–Kier alpha value is -1.71. The van der Waals surface area contributed by atoms with E-state index in [1.54, 1.807) is 12.1 Å². The van der Waals surface area contributed by atoms with Crippen molar-refractivity contribution in [2.45, 2.75) is 29.0 Å². The third kappa shape index (κ3) is 4.63. The first-order valence-electron chi connectivity index (χ1n) is 7.26. The van der Waals surface area contributed by atoms with Gasteiger partial charge in [0.2, 0.25) is 5.13 Å². The average molecular weight is 352 g/mol. The molecule has 0 spiro atoms. The molecule has 0 radical (unpaired) electrons. The summed E-state index contributed by atoms with van der Waals surface area (Å²) in [5, 5.41) is 23.0. The summed E-state index contributed by atoms with van der Waals surface area (Å²) in [7, 11) is 0. The van der Waals surface area contributed by atoms with Crippen molar-refractivity contribution in [2.24, 2.45) is 0 Å². The highest BCUT2D eigenvalue weighted by molar-refractivity contribution is 8.00. The van der Waals surface area contributed by atoms with Crippen LogP contribution in [0.4, 0.5) is 10.8 Å². The van der Waals surface area contributed by atoms with Gasteiger partial charge in [0.15, 0.2) is 4.34 Å². The minimum atomic E-state index is -0.383. The van der Waals surface area contributed by atoms with Crippen LogP contribution in [-0.4, -0.2) is 34.4 Å². The van der Waals surface area contributed by atoms with E-state index in [0.29, 0.717) is 5.75 Å². The van der Waals surface area contributed by atoms with Gasteiger partial charge in [0.25, 0.3) is 5.69 Å². The molecule has 0 amide bonds. The van der Waals surface area contributed by atoms with Crippen molar-refractivity contribution >= 4 is 33.9 Å². The van der Waals surface area contributed by atoms with Crippen LogP contribution < -0.4 is 5.32 Å². The molecule has 7 nitrogen and oxygen atoms in total. The van der Waals surface area contributed by atoms with Crippen LogP contribution in [-0.2, 0) is 10.5 Å². The minimum Gasteiger partial charge on any atom is -0.376 e. The summed E-state index contributed by atoms with van der Waals surface area (Å²) < 4.78 is 6.39. The van der Waals surface area contributed by atoms with Crippen LogP contribution in [0.1, 0.15) is 18.4 Å². The predicted octanol–water partition coefficient (Wildman–Crippen LogP) is 3.33. The molecule has 1 aliphatic rings. The number of nitro groups is 1. The number of nitrogens with zero attached hydrogens (tertiary/aromatic N) is 3. The Balaban J connectivity index is 1.50. The fourth-order valence-electron chi connectivity index (χ4n) is 2.25. The summed E-state index contributed by atoms with van der Waals surface area (Å²) in [4.78, 5) is 10.4. The van der Waals surface area contributed by atoms with Crippen LogP contribution in [0.2, 0.25) is 0 Å². The van der Waals surface area contributed by atoms with Gasteiger partial charge in [-0.3, -0.25) is 10.1 Å². The molecule has 1 atom stereocenters. The van der Waals surface area contributed by atoms with E-state index in [-0.39, 0.29) is 16.7 Å². The van der Waals surface area contributed by atoms with Gasteiger partial charge in [-0.15, -0.1) is 10.2 Å². The number of benzene rings is 1. The van der Waals surface area contributed by atoms with Crippen LogP contribution in [0.5, 0.6) is 0 Å². The lowest BCUT2D eigenvalue weighted by Crippen LogP contribution is -2.18. The van der Waals surface area contributed by atoms with Gasteiger partial charge in [0.1, 0.15) is 0 Å². The van der Waals surface area contributed by atoms with Crippen molar-refractivity contribution in [1.82, 2.24) is 10.2 Å². The summed E-state index contributed by atoms with van der Waals surface area (Å²) in [6.45, 7) is 1.59. The standard InChI is InChI=1S/C14H16N4O3S2/c19-18(20)11-4-1-3-10(7-11)9-22-14-17-16-13(23-14)15-8-12-5-2-6-21-12/h1,3-4,7,12H,2,5-6,8-9H2,(H,15,16). The smallest absolute Gasteiger partial charge is 0.269 e. The summed E-state index contributed by atoms with van der Waals surface area (Å²) in [6, 6.07) is 6.65. The maximum absolute atomic E-state index is 10.8. The number of non-ortho nitro benzene ring substituents is 1. The van der Waals surface area contributed by atoms with E-state index >= 15 is 0 Å². The number of nitro benzene ring substituents is 1. The van der Waals surface area contributed by atoms with Gasteiger partial charge >= 0.3 is 0 Å². The van der Waals surface area contributed by atoms with Crippen molar-refractivity contribution in [3.05, 3.63) is 39.9 Å². The molecule has 0 saturated carbocycles. The van der Waals surface area contributed by atoms with Gasteiger partial charge in [0, 0.05) is 31.0 Å². The largest absolute Gasteiger partial charge is 0.376 e. The third-order valence-electron chi connectivity index (χ3n) is 3.40. The molecule has 2 aromatic rings. The fraction of sp³-hybridized carbons (Fsp3) is 0.429.